The van der Waals surface area contributed by atoms with Crippen LogP contribution < -0.4 is 5.32 Å². The first kappa shape index (κ1) is 19.6. The van der Waals surface area contributed by atoms with E-state index >= 15 is 0 Å². The Bertz CT molecular complexity index is 936. The number of amidine groups is 1. The predicted octanol–water partition coefficient (Wildman–Crippen LogP) is 4.89. The first-order valence-corrected chi connectivity index (χ1v) is 10.3. The molecule has 2 heterocycles. The van der Waals surface area contributed by atoms with Gasteiger partial charge in [-0.15, -0.1) is 0 Å². The van der Waals surface area contributed by atoms with Gasteiger partial charge in [-0.1, -0.05) is 37.6 Å². The number of ether oxygens (including phenoxy) is 1. The van der Waals surface area contributed by atoms with Gasteiger partial charge in [-0.05, 0) is 36.2 Å². The van der Waals surface area contributed by atoms with E-state index in [1.807, 2.05) is 50.2 Å². The van der Waals surface area contributed by atoms with Crippen LogP contribution in [0, 0.1) is 5.92 Å². The summed E-state index contributed by atoms with van der Waals surface area (Å²) in [5.74, 6) is 1.22. The normalized spacial score (nSPS) is 15.8. The summed E-state index contributed by atoms with van der Waals surface area (Å²) in [5.41, 5.74) is 3.77. The van der Waals surface area contributed by atoms with Gasteiger partial charge in [0.1, 0.15) is 5.84 Å². The molecule has 1 amide bonds. The predicted molar refractivity (Wildman–Crippen MR) is 117 cm³/mol. The van der Waals surface area contributed by atoms with Crippen molar-refractivity contribution in [3.63, 3.8) is 0 Å². The maximum absolute atomic E-state index is 12.3. The smallest absolute Gasteiger partial charge is 0.409 e. The monoisotopic (exact) mass is 412 g/mol. The van der Waals surface area contributed by atoms with Crippen molar-refractivity contribution in [3.05, 3.63) is 53.1 Å². The fourth-order valence-electron chi connectivity index (χ4n) is 3.48. The van der Waals surface area contributed by atoms with Gasteiger partial charge in [-0.25, -0.2) is 9.79 Å². The van der Waals surface area contributed by atoms with E-state index in [0.29, 0.717) is 43.7 Å². The fraction of sp³-hybridized carbons (Fsp3) is 0.364. The Morgan fingerprint density at radius 2 is 1.90 bits per heavy atom. The Morgan fingerprint density at radius 3 is 2.66 bits per heavy atom. The van der Waals surface area contributed by atoms with Crippen LogP contribution in [-0.2, 0) is 4.74 Å². The molecule has 1 fully saturated rings. The molecule has 0 unspecified atom stereocenters. The molecule has 0 radical (unpaired) electrons. The number of rotatable bonds is 2. The highest BCUT2D eigenvalue weighted by Crippen LogP contribution is 2.36. The van der Waals surface area contributed by atoms with Gasteiger partial charge in [-0.2, -0.15) is 0 Å². The molecular weight excluding hydrogens is 388 g/mol. The van der Waals surface area contributed by atoms with Crippen LogP contribution in [0.25, 0.3) is 0 Å². The molecule has 0 spiro atoms. The molecule has 2 aliphatic heterocycles. The maximum Gasteiger partial charge on any atom is 0.409 e. The number of para-hydroxylation sites is 1. The molecule has 152 valence electrons. The van der Waals surface area contributed by atoms with Gasteiger partial charge in [0.2, 0.25) is 0 Å². The van der Waals surface area contributed by atoms with E-state index in [2.05, 4.69) is 16.3 Å². The second-order valence-electron chi connectivity index (χ2n) is 7.71. The van der Waals surface area contributed by atoms with Crippen molar-refractivity contribution in [1.82, 2.24) is 9.80 Å². The topological polar surface area (TPSA) is 57.2 Å². The number of hydrogen-bond acceptors (Lipinski definition) is 5. The molecule has 7 heteroatoms. The summed E-state index contributed by atoms with van der Waals surface area (Å²) < 4.78 is 5.37. The minimum absolute atomic E-state index is 0.236. The number of fused-ring (bicyclic) bond motifs is 2. The van der Waals surface area contributed by atoms with Crippen LogP contribution in [0.1, 0.15) is 19.4 Å². The fourth-order valence-corrected chi connectivity index (χ4v) is 3.65. The molecular formula is C22H25ClN4O2. The number of nitrogens with one attached hydrogen (secondary N) is 1. The molecule has 0 bridgehead atoms. The Labute approximate surface area is 176 Å². The summed E-state index contributed by atoms with van der Waals surface area (Å²) in [6.07, 6.45) is -0.236. The Morgan fingerprint density at radius 1 is 1.14 bits per heavy atom. The zero-order valence-electron chi connectivity index (χ0n) is 16.7. The SMILES string of the molecule is CC(C)COC(=O)N1CCN(C2=Nc3cc(Cl)ccc3Nc3ccccc32)CC1. The number of aliphatic imine (C=N–C) groups is 1. The standard InChI is InChI=1S/C22H25ClN4O2/c1-15(2)14-29-22(28)27-11-9-26(10-12-27)21-17-5-3-4-6-18(17)24-19-8-7-16(23)13-20(19)25-21/h3-8,13,15,24H,9-12,14H2,1-2H3. The van der Waals surface area contributed by atoms with Crippen molar-refractivity contribution in [2.75, 3.05) is 38.1 Å². The third-order valence-corrected chi connectivity index (χ3v) is 5.24. The lowest BCUT2D eigenvalue weighted by Gasteiger charge is -2.36. The van der Waals surface area contributed by atoms with E-state index in [1.54, 1.807) is 4.90 Å². The summed E-state index contributed by atoms with van der Waals surface area (Å²) in [6.45, 7) is 7.11. The first-order valence-electron chi connectivity index (χ1n) is 9.92. The molecule has 1 N–H and O–H groups in total. The quantitative estimate of drug-likeness (QED) is 0.763. The average Bonchev–Trinajstić information content (AvgIpc) is 2.88. The molecule has 0 atom stereocenters. The van der Waals surface area contributed by atoms with Crippen LogP contribution >= 0.6 is 11.6 Å². The van der Waals surface area contributed by atoms with Crippen molar-refractivity contribution in [2.24, 2.45) is 10.9 Å². The Hall–Kier alpha value is -2.73. The lowest BCUT2D eigenvalue weighted by Crippen LogP contribution is -2.51. The van der Waals surface area contributed by atoms with Gasteiger partial charge in [-0.3, -0.25) is 0 Å². The lowest BCUT2D eigenvalue weighted by atomic mass is 10.1. The number of carbonyl (C=O) groups is 1. The molecule has 2 aromatic carbocycles. The van der Waals surface area contributed by atoms with Crippen LogP contribution in [0.15, 0.2) is 47.5 Å². The molecule has 1 saturated heterocycles. The van der Waals surface area contributed by atoms with Crippen LogP contribution in [0.3, 0.4) is 0 Å². The number of halogens is 1. The highest BCUT2D eigenvalue weighted by atomic mass is 35.5. The average molecular weight is 413 g/mol. The second kappa shape index (κ2) is 8.33. The van der Waals surface area contributed by atoms with E-state index in [-0.39, 0.29) is 6.09 Å². The van der Waals surface area contributed by atoms with Crippen molar-refractivity contribution in [3.8, 4) is 0 Å². The third kappa shape index (κ3) is 4.32. The molecule has 0 aromatic heterocycles. The molecule has 0 saturated carbocycles. The van der Waals surface area contributed by atoms with E-state index in [1.165, 1.54) is 0 Å². The van der Waals surface area contributed by atoms with Crippen molar-refractivity contribution < 1.29 is 9.53 Å². The van der Waals surface area contributed by atoms with Gasteiger partial charge in [0, 0.05) is 42.5 Å². The summed E-state index contributed by atoms with van der Waals surface area (Å²) in [5, 5.41) is 4.12. The number of benzene rings is 2. The molecule has 29 heavy (non-hydrogen) atoms. The van der Waals surface area contributed by atoms with Gasteiger partial charge in [0.25, 0.3) is 0 Å². The molecule has 0 aliphatic carbocycles. The zero-order valence-corrected chi connectivity index (χ0v) is 17.4. The van der Waals surface area contributed by atoms with Crippen molar-refractivity contribution in [1.29, 1.82) is 0 Å². The number of nitrogens with zero attached hydrogens (tertiary/aromatic N) is 3. The number of hydrogen-bond donors (Lipinski definition) is 1. The summed E-state index contributed by atoms with van der Waals surface area (Å²) in [4.78, 5) is 21.2. The van der Waals surface area contributed by atoms with Gasteiger partial charge >= 0.3 is 6.09 Å². The highest BCUT2D eigenvalue weighted by Gasteiger charge is 2.27. The zero-order chi connectivity index (χ0) is 20.4. The number of amides is 1. The van der Waals surface area contributed by atoms with Gasteiger partial charge in [0.05, 0.1) is 18.0 Å². The van der Waals surface area contributed by atoms with Crippen LogP contribution in [0.5, 0.6) is 0 Å². The highest BCUT2D eigenvalue weighted by molar-refractivity contribution is 6.31. The Kier molecular flexibility index (Phi) is 5.62. The number of carbonyl (C=O) groups excluding carboxylic acids is 1. The van der Waals surface area contributed by atoms with Gasteiger partial charge in [0.15, 0.2) is 0 Å². The lowest BCUT2D eigenvalue weighted by molar-refractivity contribution is 0.0793. The summed E-state index contributed by atoms with van der Waals surface area (Å²) in [7, 11) is 0. The van der Waals surface area contributed by atoms with E-state index in [4.69, 9.17) is 21.3 Å². The number of anilines is 2. The van der Waals surface area contributed by atoms with E-state index in [0.717, 1.165) is 28.5 Å². The summed E-state index contributed by atoms with van der Waals surface area (Å²) in [6, 6.07) is 13.8. The van der Waals surface area contributed by atoms with E-state index in [9.17, 15) is 4.79 Å². The third-order valence-electron chi connectivity index (χ3n) is 5.00. The maximum atomic E-state index is 12.3. The molecule has 2 aliphatic rings. The van der Waals surface area contributed by atoms with Gasteiger partial charge < -0.3 is 19.9 Å². The minimum Gasteiger partial charge on any atom is -0.449 e. The minimum atomic E-state index is -0.236. The van der Waals surface area contributed by atoms with Crippen LogP contribution in [-0.4, -0.2) is 54.5 Å². The molecule has 2 aromatic rings. The Balaban J connectivity index is 1.57. The van der Waals surface area contributed by atoms with Crippen molar-refractivity contribution in [2.45, 2.75) is 13.8 Å². The number of piperazine rings is 1. The van der Waals surface area contributed by atoms with Crippen molar-refractivity contribution >= 4 is 40.6 Å². The molecule has 4 rings (SSSR count). The van der Waals surface area contributed by atoms with E-state index < -0.39 is 0 Å². The largest absolute Gasteiger partial charge is 0.449 e. The van der Waals surface area contributed by atoms with Crippen LogP contribution in [0.4, 0.5) is 21.9 Å². The van der Waals surface area contributed by atoms with Crippen LogP contribution in [0.2, 0.25) is 5.02 Å². The second-order valence-corrected chi connectivity index (χ2v) is 8.15. The first-order chi connectivity index (χ1) is 14.0. The summed E-state index contributed by atoms with van der Waals surface area (Å²) >= 11 is 6.21. The molecule has 6 nitrogen and oxygen atoms in total.